The van der Waals surface area contributed by atoms with Gasteiger partial charge >= 0.3 is 6.18 Å². The first-order chi connectivity index (χ1) is 19.7. The van der Waals surface area contributed by atoms with E-state index in [4.69, 9.17) is 0 Å². The van der Waals surface area contributed by atoms with Crippen LogP contribution in [0.2, 0.25) is 0 Å². The molecule has 16 heteroatoms. The number of rotatable bonds is 7. The Kier molecular flexibility index (Phi) is 7.28. The molecule has 0 unspecified atom stereocenters. The molecular weight excluding hydrogens is 584 g/mol. The minimum Gasteiger partial charge on any atom is -0.481 e. The SMILES string of the molecule is CN=Cc1ccc(-n2nc3c(c2NC(=O)CS(C)(=O)=O)C(=O)N[C@@]2(CCc4cc(OCC(F)(F)F)c(F)cc42)C3)nc1. The van der Waals surface area contributed by atoms with Crippen molar-refractivity contribution in [3.05, 3.63) is 64.2 Å². The Morgan fingerprint density at radius 1 is 1.31 bits per heavy atom. The first-order valence-electron chi connectivity index (χ1n) is 12.5. The fourth-order valence-corrected chi connectivity index (χ4v) is 5.73. The number of pyridine rings is 1. The Balaban J connectivity index is 1.55. The summed E-state index contributed by atoms with van der Waals surface area (Å²) in [5.74, 6) is -3.87. The highest BCUT2D eigenvalue weighted by Gasteiger charge is 2.47. The van der Waals surface area contributed by atoms with E-state index in [0.29, 0.717) is 29.5 Å². The van der Waals surface area contributed by atoms with Gasteiger partial charge in [0.2, 0.25) is 5.91 Å². The van der Waals surface area contributed by atoms with Crippen molar-refractivity contribution in [3.8, 4) is 11.6 Å². The molecule has 3 aromatic rings. The summed E-state index contributed by atoms with van der Waals surface area (Å²) in [6.45, 7) is -1.65. The highest BCUT2D eigenvalue weighted by atomic mass is 32.2. The van der Waals surface area contributed by atoms with Crippen molar-refractivity contribution in [2.24, 2.45) is 4.99 Å². The molecule has 1 aliphatic carbocycles. The maximum atomic E-state index is 14.9. The average Bonchev–Trinajstić information content (AvgIpc) is 3.39. The van der Waals surface area contributed by atoms with Crippen LogP contribution in [0.4, 0.5) is 23.4 Å². The van der Waals surface area contributed by atoms with Gasteiger partial charge in [-0.2, -0.15) is 23.0 Å². The van der Waals surface area contributed by atoms with E-state index in [1.165, 1.54) is 16.9 Å². The van der Waals surface area contributed by atoms with Crippen LogP contribution in [-0.2, 0) is 33.0 Å². The van der Waals surface area contributed by atoms with Crippen LogP contribution in [0.25, 0.3) is 5.82 Å². The fraction of sp³-hybridized carbons (Fsp3) is 0.346. The van der Waals surface area contributed by atoms with Gasteiger partial charge in [0.25, 0.3) is 5.91 Å². The summed E-state index contributed by atoms with van der Waals surface area (Å²) in [4.78, 5) is 34.4. The van der Waals surface area contributed by atoms with E-state index in [0.717, 1.165) is 12.3 Å². The zero-order valence-corrected chi connectivity index (χ0v) is 23.1. The quantitative estimate of drug-likeness (QED) is 0.310. The lowest BCUT2D eigenvalue weighted by Gasteiger charge is -2.35. The standard InChI is InChI=1S/C26H24F4N6O5S/c1-31-10-14-3-4-20(32-11-14)36-23(33-21(37)12-42(2,39)40)22-18(35-36)9-25(34-24(22)38)6-5-15-7-19(17(27)8-16(15)25)41-13-26(28,29)30/h3-4,7-8,10-11H,5-6,9,12-13H2,1-2H3,(H,33,37)(H,34,38)/t25-/m0/s1. The summed E-state index contributed by atoms with van der Waals surface area (Å²) in [6, 6.07) is 5.50. The Bertz CT molecular complexity index is 1720. The molecule has 2 N–H and O–H groups in total. The summed E-state index contributed by atoms with van der Waals surface area (Å²) in [7, 11) is -2.12. The third-order valence-corrected chi connectivity index (χ3v) is 7.60. The van der Waals surface area contributed by atoms with Gasteiger partial charge in [-0.25, -0.2) is 17.8 Å². The van der Waals surface area contributed by atoms with Gasteiger partial charge in [-0.15, -0.1) is 0 Å². The van der Waals surface area contributed by atoms with Crippen molar-refractivity contribution < 1.29 is 40.3 Å². The molecule has 0 saturated heterocycles. The number of carbonyl (C=O) groups excluding carboxylic acids is 2. The second-order valence-corrected chi connectivity index (χ2v) is 12.2. The van der Waals surface area contributed by atoms with Gasteiger partial charge in [0.1, 0.15) is 11.3 Å². The van der Waals surface area contributed by atoms with Gasteiger partial charge in [0.15, 0.2) is 39.6 Å². The van der Waals surface area contributed by atoms with Crippen LogP contribution in [0.3, 0.4) is 0 Å². The van der Waals surface area contributed by atoms with Crippen molar-refractivity contribution >= 4 is 33.7 Å². The molecule has 1 atom stereocenters. The number of fused-ring (bicyclic) bond motifs is 3. The van der Waals surface area contributed by atoms with E-state index >= 15 is 0 Å². The number of amides is 2. The first kappa shape index (κ1) is 29.2. The maximum absolute atomic E-state index is 14.9. The molecule has 0 saturated carbocycles. The zero-order chi connectivity index (χ0) is 30.4. The third-order valence-electron chi connectivity index (χ3n) is 6.81. The number of halogens is 4. The molecule has 0 bridgehead atoms. The van der Waals surface area contributed by atoms with Crippen LogP contribution in [0.1, 0.15) is 39.2 Å². The van der Waals surface area contributed by atoms with E-state index < -0.39 is 57.3 Å². The predicted octanol–water partition coefficient (Wildman–Crippen LogP) is 2.51. The number of ether oxygens (including phenoxy) is 1. The van der Waals surface area contributed by atoms with Crippen LogP contribution in [0.5, 0.6) is 5.75 Å². The second kappa shape index (κ2) is 10.5. The second-order valence-electron chi connectivity index (χ2n) is 10.1. The van der Waals surface area contributed by atoms with Crippen molar-refractivity contribution in [2.45, 2.75) is 31.0 Å². The summed E-state index contributed by atoms with van der Waals surface area (Å²) in [5, 5.41) is 9.88. The van der Waals surface area contributed by atoms with Crippen LogP contribution >= 0.6 is 0 Å². The topological polar surface area (TPSA) is 145 Å². The number of benzene rings is 1. The molecule has 1 aliphatic heterocycles. The summed E-state index contributed by atoms with van der Waals surface area (Å²) < 4.78 is 82.0. The van der Waals surface area contributed by atoms with Gasteiger partial charge in [-0.3, -0.25) is 14.6 Å². The molecule has 1 spiro atoms. The van der Waals surface area contributed by atoms with Gasteiger partial charge < -0.3 is 15.4 Å². The number of nitrogens with one attached hydrogen (secondary N) is 2. The van der Waals surface area contributed by atoms with Crippen molar-refractivity contribution in [2.75, 3.05) is 31.0 Å². The lowest BCUT2D eigenvalue weighted by Crippen LogP contribution is -2.50. The predicted molar refractivity (Wildman–Crippen MR) is 142 cm³/mol. The molecule has 11 nitrogen and oxygen atoms in total. The third kappa shape index (κ3) is 5.84. The van der Waals surface area contributed by atoms with Gasteiger partial charge in [0, 0.05) is 37.7 Å². The number of carbonyl (C=O) groups is 2. The molecule has 2 aliphatic rings. The van der Waals surface area contributed by atoms with Gasteiger partial charge in [-0.05, 0) is 48.2 Å². The van der Waals surface area contributed by atoms with Crippen LogP contribution < -0.4 is 15.4 Å². The summed E-state index contributed by atoms with van der Waals surface area (Å²) >= 11 is 0. The number of hydrogen-bond donors (Lipinski definition) is 2. The normalized spacial score (nSPS) is 18.2. The Morgan fingerprint density at radius 3 is 2.71 bits per heavy atom. The minimum atomic E-state index is -4.65. The van der Waals surface area contributed by atoms with Crippen molar-refractivity contribution in [3.63, 3.8) is 0 Å². The zero-order valence-electron chi connectivity index (χ0n) is 22.2. The minimum absolute atomic E-state index is 0.0254. The van der Waals surface area contributed by atoms with E-state index in [1.807, 2.05) is 0 Å². The molecule has 0 fully saturated rings. The van der Waals surface area contributed by atoms with Crippen LogP contribution in [-0.4, -0.2) is 73.1 Å². The monoisotopic (exact) mass is 608 g/mol. The summed E-state index contributed by atoms with van der Waals surface area (Å²) in [6.07, 6.45) is -0.0516. The number of sulfone groups is 1. The average molecular weight is 609 g/mol. The van der Waals surface area contributed by atoms with Crippen LogP contribution in [0, 0.1) is 5.82 Å². The molecule has 42 heavy (non-hydrogen) atoms. The number of aliphatic imine (C=N–C) groups is 1. The largest absolute Gasteiger partial charge is 0.481 e. The summed E-state index contributed by atoms with van der Waals surface area (Å²) in [5.41, 5.74) is 0.610. The van der Waals surface area contributed by atoms with E-state index in [2.05, 4.69) is 30.4 Å². The molecule has 222 valence electrons. The van der Waals surface area contributed by atoms with E-state index in [9.17, 15) is 35.6 Å². The Morgan fingerprint density at radius 2 is 2.07 bits per heavy atom. The molecule has 2 amide bonds. The maximum Gasteiger partial charge on any atom is 0.422 e. The van der Waals surface area contributed by atoms with E-state index in [-0.39, 0.29) is 29.3 Å². The number of hydrogen-bond acceptors (Lipinski definition) is 8. The van der Waals surface area contributed by atoms with Gasteiger partial charge in [-0.1, -0.05) is 0 Å². The molecule has 5 rings (SSSR count). The molecule has 2 aromatic heterocycles. The lowest BCUT2D eigenvalue weighted by molar-refractivity contribution is -0.153. The highest BCUT2D eigenvalue weighted by Crippen LogP contribution is 2.45. The Labute approximate surface area is 236 Å². The number of aryl methyl sites for hydroxylation is 1. The van der Waals surface area contributed by atoms with Gasteiger partial charge in [0.05, 0.1) is 11.2 Å². The number of aromatic nitrogens is 3. The Hall–Kier alpha value is -4.34. The van der Waals surface area contributed by atoms with E-state index in [1.54, 1.807) is 25.4 Å². The molecule has 3 heterocycles. The molecule has 1 aromatic carbocycles. The fourth-order valence-electron chi connectivity index (χ4n) is 5.19. The highest BCUT2D eigenvalue weighted by molar-refractivity contribution is 7.91. The molecule has 0 radical (unpaired) electrons. The van der Waals surface area contributed by atoms with Crippen molar-refractivity contribution in [1.29, 1.82) is 0 Å². The molecular formula is C26H24F4N6O5S. The smallest absolute Gasteiger partial charge is 0.422 e. The number of nitrogens with zero attached hydrogens (tertiary/aromatic N) is 4. The lowest BCUT2D eigenvalue weighted by atomic mass is 9.82. The number of alkyl halides is 3. The van der Waals surface area contributed by atoms with Crippen molar-refractivity contribution in [1.82, 2.24) is 20.1 Å². The number of anilines is 1. The first-order valence-corrected chi connectivity index (χ1v) is 14.6. The van der Waals surface area contributed by atoms with Crippen LogP contribution in [0.15, 0.2) is 35.5 Å².